The maximum absolute atomic E-state index is 11.6. The molecule has 4 nitrogen and oxygen atoms in total. The lowest BCUT2D eigenvalue weighted by Crippen LogP contribution is -2.04. The number of rotatable bonds is 5. The van der Waals surface area contributed by atoms with Crippen LogP contribution in [-0.2, 0) is 9.47 Å². The molecule has 2 aromatic rings. The Labute approximate surface area is 129 Å². The minimum atomic E-state index is -0.327. The lowest BCUT2D eigenvalue weighted by atomic mass is 10.0. The number of ether oxygens (including phenoxy) is 2. The summed E-state index contributed by atoms with van der Waals surface area (Å²) in [6, 6.07) is 14.3. The second-order valence-electron chi connectivity index (χ2n) is 4.60. The SMILES string of the molecule is CCOC(=O)c1ccc(-c2ccc(C(=O)OCC)cc2)cc1. The third kappa shape index (κ3) is 3.73. The normalized spacial score (nSPS) is 10.1. The molecule has 0 atom stereocenters. The molecule has 0 saturated heterocycles. The van der Waals surface area contributed by atoms with Gasteiger partial charge in [0.25, 0.3) is 0 Å². The van der Waals surface area contributed by atoms with Crippen LogP contribution in [0.2, 0.25) is 0 Å². The maximum Gasteiger partial charge on any atom is 0.338 e. The van der Waals surface area contributed by atoms with Crippen molar-refractivity contribution in [3.8, 4) is 11.1 Å². The molecule has 0 radical (unpaired) electrons. The van der Waals surface area contributed by atoms with E-state index in [1.165, 1.54) is 0 Å². The third-order valence-electron chi connectivity index (χ3n) is 3.13. The van der Waals surface area contributed by atoms with Gasteiger partial charge < -0.3 is 9.47 Å². The largest absolute Gasteiger partial charge is 0.462 e. The number of hydrogen-bond donors (Lipinski definition) is 0. The first-order valence-corrected chi connectivity index (χ1v) is 7.20. The summed E-state index contributed by atoms with van der Waals surface area (Å²) in [5, 5.41) is 0. The zero-order chi connectivity index (χ0) is 15.9. The van der Waals surface area contributed by atoms with Gasteiger partial charge in [-0.2, -0.15) is 0 Å². The smallest absolute Gasteiger partial charge is 0.338 e. The van der Waals surface area contributed by atoms with Crippen LogP contribution in [-0.4, -0.2) is 25.2 Å². The van der Waals surface area contributed by atoms with Crippen molar-refractivity contribution in [2.24, 2.45) is 0 Å². The van der Waals surface area contributed by atoms with Gasteiger partial charge in [0, 0.05) is 0 Å². The van der Waals surface area contributed by atoms with Gasteiger partial charge in [0.2, 0.25) is 0 Å². The van der Waals surface area contributed by atoms with Gasteiger partial charge in [-0.15, -0.1) is 0 Å². The Hall–Kier alpha value is -2.62. The van der Waals surface area contributed by atoms with E-state index in [9.17, 15) is 9.59 Å². The van der Waals surface area contributed by atoms with E-state index < -0.39 is 0 Å². The molecule has 0 N–H and O–H groups in total. The highest BCUT2D eigenvalue weighted by molar-refractivity contribution is 5.91. The topological polar surface area (TPSA) is 52.6 Å². The molecule has 2 rings (SSSR count). The lowest BCUT2D eigenvalue weighted by molar-refractivity contribution is 0.0516. The first-order chi connectivity index (χ1) is 10.7. The van der Waals surface area contributed by atoms with E-state index in [0.29, 0.717) is 24.3 Å². The van der Waals surface area contributed by atoms with E-state index in [1.54, 1.807) is 38.1 Å². The van der Waals surface area contributed by atoms with Gasteiger partial charge in [0.1, 0.15) is 0 Å². The monoisotopic (exact) mass is 298 g/mol. The Morgan fingerprint density at radius 2 is 1.00 bits per heavy atom. The van der Waals surface area contributed by atoms with Crippen LogP contribution >= 0.6 is 0 Å². The molecule has 0 unspecified atom stereocenters. The Morgan fingerprint density at radius 3 is 1.27 bits per heavy atom. The summed E-state index contributed by atoms with van der Waals surface area (Å²) in [6.07, 6.45) is 0. The van der Waals surface area contributed by atoms with Gasteiger partial charge in [-0.25, -0.2) is 9.59 Å². The predicted octanol–water partition coefficient (Wildman–Crippen LogP) is 3.71. The first-order valence-electron chi connectivity index (χ1n) is 7.20. The summed E-state index contributed by atoms with van der Waals surface area (Å²) >= 11 is 0. The molecule has 0 fully saturated rings. The van der Waals surface area contributed by atoms with Crippen LogP contribution in [0.15, 0.2) is 48.5 Å². The fourth-order valence-electron chi connectivity index (χ4n) is 2.03. The van der Waals surface area contributed by atoms with Crippen molar-refractivity contribution in [2.75, 3.05) is 13.2 Å². The number of carbonyl (C=O) groups excluding carboxylic acids is 2. The van der Waals surface area contributed by atoms with E-state index in [4.69, 9.17) is 9.47 Å². The fraction of sp³-hybridized carbons (Fsp3) is 0.222. The van der Waals surface area contributed by atoms with Crippen LogP contribution in [0.5, 0.6) is 0 Å². The Kier molecular flexibility index (Phi) is 5.31. The highest BCUT2D eigenvalue weighted by Gasteiger charge is 2.08. The van der Waals surface area contributed by atoms with Crippen molar-refractivity contribution >= 4 is 11.9 Å². The van der Waals surface area contributed by atoms with Crippen LogP contribution in [0.25, 0.3) is 11.1 Å². The number of benzene rings is 2. The molecule has 0 saturated carbocycles. The van der Waals surface area contributed by atoms with Crippen molar-refractivity contribution in [3.05, 3.63) is 59.7 Å². The first kappa shape index (κ1) is 15.8. The van der Waals surface area contributed by atoms with Gasteiger partial charge in [-0.3, -0.25) is 0 Å². The van der Waals surface area contributed by atoms with Crippen molar-refractivity contribution < 1.29 is 19.1 Å². The van der Waals surface area contributed by atoms with Crippen molar-refractivity contribution in [2.45, 2.75) is 13.8 Å². The summed E-state index contributed by atoms with van der Waals surface area (Å²) in [7, 11) is 0. The summed E-state index contributed by atoms with van der Waals surface area (Å²) in [4.78, 5) is 23.2. The fourth-order valence-corrected chi connectivity index (χ4v) is 2.03. The lowest BCUT2D eigenvalue weighted by Gasteiger charge is -2.06. The predicted molar refractivity (Wildman–Crippen MR) is 83.8 cm³/mol. The van der Waals surface area contributed by atoms with Crippen molar-refractivity contribution in [1.82, 2.24) is 0 Å². The minimum Gasteiger partial charge on any atom is -0.462 e. The molecule has 0 aromatic heterocycles. The van der Waals surface area contributed by atoms with Crippen LogP contribution in [0.4, 0.5) is 0 Å². The molecule has 0 bridgehead atoms. The highest BCUT2D eigenvalue weighted by Crippen LogP contribution is 2.21. The van der Waals surface area contributed by atoms with E-state index in [2.05, 4.69) is 0 Å². The molecular formula is C18H18O4. The number of carbonyl (C=O) groups is 2. The molecule has 0 amide bonds. The second kappa shape index (κ2) is 7.41. The van der Waals surface area contributed by atoms with Gasteiger partial charge in [-0.1, -0.05) is 24.3 Å². The van der Waals surface area contributed by atoms with Crippen LogP contribution in [0.1, 0.15) is 34.6 Å². The maximum atomic E-state index is 11.6. The van der Waals surface area contributed by atoms with Crippen LogP contribution in [0.3, 0.4) is 0 Å². The third-order valence-corrected chi connectivity index (χ3v) is 3.13. The number of hydrogen-bond acceptors (Lipinski definition) is 4. The molecule has 0 spiro atoms. The average molecular weight is 298 g/mol. The summed E-state index contributed by atoms with van der Waals surface area (Å²) < 4.78 is 9.90. The molecule has 0 aliphatic heterocycles. The molecule has 0 aliphatic carbocycles. The van der Waals surface area contributed by atoms with Gasteiger partial charge >= 0.3 is 11.9 Å². The second-order valence-corrected chi connectivity index (χ2v) is 4.60. The molecular weight excluding hydrogens is 280 g/mol. The Bertz CT molecular complexity index is 582. The van der Waals surface area contributed by atoms with E-state index in [0.717, 1.165) is 11.1 Å². The van der Waals surface area contributed by atoms with E-state index in [-0.39, 0.29) is 11.9 Å². The van der Waals surface area contributed by atoms with Crippen molar-refractivity contribution in [3.63, 3.8) is 0 Å². The van der Waals surface area contributed by atoms with Crippen molar-refractivity contribution in [1.29, 1.82) is 0 Å². The molecule has 0 heterocycles. The number of esters is 2. The standard InChI is InChI=1S/C18H18O4/c1-3-21-17(19)15-9-5-13(6-10-15)14-7-11-16(12-8-14)18(20)22-4-2/h5-12H,3-4H2,1-2H3. The van der Waals surface area contributed by atoms with Crippen LogP contribution < -0.4 is 0 Å². The summed E-state index contributed by atoms with van der Waals surface area (Å²) in [6.45, 7) is 4.26. The quantitative estimate of drug-likeness (QED) is 0.790. The summed E-state index contributed by atoms with van der Waals surface area (Å²) in [5.41, 5.74) is 2.97. The van der Waals surface area contributed by atoms with Gasteiger partial charge in [0.15, 0.2) is 0 Å². The Balaban J connectivity index is 2.15. The average Bonchev–Trinajstić information content (AvgIpc) is 2.55. The minimum absolute atomic E-state index is 0.327. The molecule has 0 aliphatic rings. The Morgan fingerprint density at radius 1 is 0.682 bits per heavy atom. The highest BCUT2D eigenvalue weighted by atomic mass is 16.5. The molecule has 4 heteroatoms. The molecule has 2 aromatic carbocycles. The van der Waals surface area contributed by atoms with E-state index >= 15 is 0 Å². The van der Waals surface area contributed by atoms with Gasteiger partial charge in [0.05, 0.1) is 24.3 Å². The zero-order valence-corrected chi connectivity index (χ0v) is 12.7. The van der Waals surface area contributed by atoms with Gasteiger partial charge in [-0.05, 0) is 49.2 Å². The molecule has 114 valence electrons. The summed E-state index contributed by atoms with van der Waals surface area (Å²) in [5.74, 6) is -0.654. The van der Waals surface area contributed by atoms with E-state index in [1.807, 2.05) is 24.3 Å². The van der Waals surface area contributed by atoms with Crippen LogP contribution in [0, 0.1) is 0 Å². The zero-order valence-electron chi connectivity index (χ0n) is 12.7. The molecule has 22 heavy (non-hydrogen) atoms.